The minimum atomic E-state index is -0.195. The highest BCUT2D eigenvalue weighted by molar-refractivity contribution is 7.00. The Labute approximate surface area is 400 Å². The molecule has 0 bridgehead atoms. The highest BCUT2D eigenvalue weighted by atomic mass is 15.2. The van der Waals surface area contributed by atoms with E-state index < -0.39 is 0 Å². The zero-order valence-corrected chi connectivity index (χ0v) is 39.2. The van der Waals surface area contributed by atoms with Gasteiger partial charge in [-0.05, 0) is 123 Å². The van der Waals surface area contributed by atoms with Crippen LogP contribution in [-0.4, -0.2) is 11.3 Å². The van der Waals surface area contributed by atoms with Crippen LogP contribution in [0.5, 0.6) is 0 Å². The first-order valence-corrected chi connectivity index (χ1v) is 24.0. The van der Waals surface area contributed by atoms with E-state index in [-0.39, 0.29) is 17.5 Å². The summed E-state index contributed by atoms with van der Waals surface area (Å²) in [4.78, 5) is 7.42. The second-order valence-electron chi connectivity index (χ2n) is 20.2. The Kier molecular flexibility index (Phi) is 8.88. The number of nitrogens with zero attached hydrogens (tertiary/aromatic N) is 4. The standard InChI is InChI=1S/C63H51BN4/c1-62(2,3)42-22-20-31-47(38-42)67-55-39-48(65(43-23-10-6-11-24-43)44-25-12-7-13-26-44)36-37-53(55)64-54-35-21-33-51-58-61(50-32-18-19-34-52(50)63(58,4)5)68(60(51)54)57-41-49(40-56(67)59(57)64)66(45-27-14-8-15-28-45)46-29-16-9-17-30-46/h6-41H,1-5H3. The van der Waals surface area contributed by atoms with Crippen LogP contribution >= 0.6 is 0 Å². The van der Waals surface area contributed by atoms with Crippen LogP contribution in [0.3, 0.4) is 0 Å². The van der Waals surface area contributed by atoms with Gasteiger partial charge in [0, 0.05) is 73.1 Å². The molecule has 4 nitrogen and oxygen atoms in total. The molecule has 3 aliphatic rings. The summed E-state index contributed by atoms with van der Waals surface area (Å²) in [5, 5.41) is 1.33. The lowest BCUT2D eigenvalue weighted by Gasteiger charge is -2.42. The molecule has 0 fully saturated rings. The van der Waals surface area contributed by atoms with Gasteiger partial charge in [0.05, 0.1) is 11.4 Å². The Hall–Kier alpha value is -8.02. The number of fused-ring (bicyclic) bond motifs is 9. The van der Waals surface area contributed by atoms with Crippen molar-refractivity contribution in [2.75, 3.05) is 14.7 Å². The molecule has 0 N–H and O–H groups in total. The Morgan fingerprint density at radius 2 is 1.00 bits per heavy atom. The maximum absolute atomic E-state index is 2.66. The number of aromatic nitrogens is 1. The largest absolute Gasteiger partial charge is 0.311 e. The molecule has 68 heavy (non-hydrogen) atoms. The number of hydrogen-bond acceptors (Lipinski definition) is 3. The zero-order valence-electron chi connectivity index (χ0n) is 39.2. The monoisotopic (exact) mass is 874 g/mol. The van der Waals surface area contributed by atoms with E-state index in [1.807, 2.05) is 0 Å². The molecule has 0 radical (unpaired) electrons. The van der Waals surface area contributed by atoms with Gasteiger partial charge in [-0.25, -0.2) is 0 Å². The summed E-state index contributed by atoms with van der Waals surface area (Å²) in [6, 6.07) is 81.0. The summed E-state index contributed by atoms with van der Waals surface area (Å²) in [5.74, 6) is 0. The van der Waals surface area contributed by atoms with Gasteiger partial charge in [-0.15, -0.1) is 0 Å². The predicted molar refractivity (Wildman–Crippen MR) is 288 cm³/mol. The maximum Gasteiger partial charge on any atom is 0.252 e. The van der Waals surface area contributed by atoms with E-state index in [1.54, 1.807) is 0 Å². The number of anilines is 9. The molecular formula is C63H51BN4. The molecule has 3 heterocycles. The highest BCUT2D eigenvalue weighted by Crippen LogP contribution is 2.55. The van der Waals surface area contributed by atoms with Crippen LogP contribution in [0.15, 0.2) is 218 Å². The zero-order chi connectivity index (χ0) is 45.9. The van der Waals surface area contributed by atoms with E-state index in [0.29, 0.717) is 0 Å². The minimum Gasteiger partial charge on any atom is -0.311 e. The molecule has 0 spiro atoms. The quantitative estimate of drug-likeness (QED) is 0.148. The summed E-state index contributed by atoms with van der Waals surface area (Å²) < 4.78 is 2.66. The Balaban J connectivity index is 1.18. The number of hydrogen-bond donors (Lipinski definition) is 0. The van der Waals surface area contributed by atoms with Crippen LogP contribution in [0.4, 0.5) is 51.2 Å². The fraction of sp³-hybridized carbons (Fsp3) is 0.111. The first-order valence-electron chi connectivity index (χ1n) is 24.0. The molecule has 1 aliphatic carbocycles. The average molecular weight is 875 g/mol. The first-order chi connectivity index (χ1) is 33.2. The fourth-order valence-corrected chi connectivity index (χ4v) is 11.8. The van der Waals surface area contributed by atoms with Crippen LogP contribution in [0.2, 0.25) is 0 Å². The van der Waals surface area contributed by atoms with Crippen molar-refractivity contribution in [1.82, 2.24) is 4.57 Å². The van der Waals surface area contributed by atoms with Crippen molar-refractivity contribution in [3.8, 4) is 16.9 Å². The van der Waals surface area contributed by atoms with E-state index >= 15 is 0 Å². The SMILES string of the molecule is CC(C)(C)c1cccc(N2c3cc(N(c4ccccc4)c4ccccc4)ccc3B3c4c2cc(N(c2ccccc2)c2ccccc2)cc4-n2c4c(c5cccc3c52)C(C)(C)c2ccccc2-4)c1. The molecule has 0 amide bonds. The molecule has 0 saturated carbocycles. The van der Waals surface area contributed by atoms with Gasteiger partial charge in [-0.3, -0.25) is 0 Å². The Morgan fingerprint density at radius 3 is 1.62 bits per heavy atom. The van der Waals surface area contributed by atoms with Gasteiger partial charge in [-0.1, -0.05) is 168 Å². The molecule has 5 heteroatoms. The highest BCUT2D eigenvalue weighted by Gasteiger charge is 2.47. The lowest BCUT2D eigenvalue weighted by molar-refractivity contribution is 0.590. The van der Waals surface area contributed by atoms with Crippen molar-refractivity contribution < 1.29 is 0 Å². The van der Waals surface area contributed by atoms with Gasteiger partial charge >= 0.3 is 0 Å². The first kappa shape index (κ1) is 40.3. The topological polar surface area (TPSA) is 14.7 Å². The molecule has 0 saturated heterocycles. The molecule has 326 valence electrons. The van der Waals surface area contributed by atoms with E-state index in [4.69, 9.17) is 0 Å². The third-order valence-electron chi connectivity index (χ3n) is 14.8. The number of benzene rings is 9. The van der Waals surface area contributed by atoms with E-state index in [0.717, 1.165) is 39.8 Å². The molecule has 0 unspecified atom stereocenters. The van der Waals surface area contributed by atoms with Gasteiger partial charge in [0.15, 0.2) is 0 Å². The van der Waals surface area contributed by atoms with Crippen LogP contribution in [-0.2, 0) is 10.8 Å². The van der Waals surface area contributed by atoms with Crippen molar-refractivity contribution in [2.45, 2.75) is 45.4 Å². The van der Waals surface area contributed by atoms with Crippen LogP contribution in [0.1, 0.15) is 51.3 Å². The summed E-state index contributed by atoms with van der Waals surface area (Å²) in [6.07, 6.45) is 0. The van der Waals surface area contributed by atoms with E-state index in [9.17, 15) is 0 Å². The van der Waals surface area contributed by atoms with Crippen molar-refractivity contribution >= 4 is 85.2 Å². The van der Waals surface area contributed by atoms with Crippen molar-refractivity contribution in [1.29, 1.82) is 0 Å². The van der Waals surface area contributed by atoms with Gasteiger partial charge in [0.25, 0.3) is 6.71 Å². The predicted octanol–water partition coefficient (Wildman–Crippen LogP) is 14.8. The third kappa shape index (κ3) is 5.94. The maximum atomic E-state index is 2.66. The normalized spacial score (nSPS) is 13.7. The fourth-order valence-electron chi connectivity index (χ4n) is 11.8. The lowest BCUT2D eigenvalue weighted by Crippen LogP contribution is -2.60. The summed E-state index contributed by atoms with van der Waals surface area (Å²) in [7, 11) is 0. The van der Waals surface area contributed by atoms with Crippen LogP contribution in [0.25, 0.3) is 27.8 Å². The molecular weight excluding hydrogens is 824 g/mol. The van der Waals surface area contributed by atoms with Crippen molar-refractivity contribution in [3.63, 3.8) is 0 Å². The lowest BCUT2D eigenvalue weighted by atomic mass is 9.33. The second-order valence-corrected chi connectivity index (χ2v) is 20.2. The van der Waals surface area contributed by atoms with E-state index in [2.05, 4.69) is 272 Å². The summed E-state index contributed by atoms with van der Waals surface area (Å²) >= 11 is 0. The molecule has 2 aliphatic heterocycles. The summed E-state index contributed by atoms with van der Waals surface area (Å²) in [5.41, 5.74) is 23.0. The van der Waals surface area contributed by atoms with Crippen LogP contribution < -0.4 is 31.1 Å². The summed E-state index contributed by atoms with van der Waals surface area (Å²) in [6.45, 7) is 11.8. The molecule has 1 aromatic heterocycles. The Morgan fingerprint density at radius 1 is 0.456 bits per heavy atom. The molecule has 0 atom stereocenters. The van der Waals surface area contributed by atoms with Crippen molar-refractivity contribution in [3.05, 3.63) is 235 Å². The van der Waals surface area contributed by atoms with Gasteiger partial charge < -0.3 is 19.3 Å². The molecule has 10 aromatic rings. The van der Waals surface area contributed by atoms with Crippen LogP contribution in [0, 0.1) is 0 Å². The smallest absolute Gasteiger partial charge is 0.252 e. The average Bonchev–Trinajstić information content (AvgIpc) is 3.84. The Bertz CT molecular complexity index is 3510. The van der Waals surface area contributed by atoms with Crippen molar-refractivity contribution in [2.24, 2.45) is 0 Å². The number of rotatable bonds is 7. The van der Waals surface area contributed by atoms with Gasteiger partial charge in [-0.2, -0.15) is 0 Å². The molecule has 13 rings (SSSR count). The van der Waals surface area contributed by atoms with Gasteiger partial charge in [0.1, 0.15) is 0 Å². The second kappa shape index (κ2) is 15.0. The minimum absolute atomic E-state index is 0.0338. The third-order valence-corrected chi connectivity index (χ3v) is 14.8. The van der Waals surface area contributed by atoms with E-state index in [1.165, 1.54) is 72.3 Å². The number of para-hydroxylation sites is 5. The molecule has 9 aromatic carbocycles. The van der Waals surface area contributed by atoms with Gasteiger partial charge in [0.2, 0.25) is 0 Å².